The van der Waals surface area contributed by atoms with Gasteiger partial charge in [-0.1, -0.05) is 17.7 Å². The fourth-order valence-corrected chi connectivity index (χ4v) is 2.65. The molecule has 0 aliphatic heterocycles. The van der Waals surface area contributed by atoms with E-state index in [9.17, 15) is 23.3 Å². The summed E-state index contributed by atoms with van der Waals surface area (Å²) in [5, 5.41) is 12.0. The van der Waals surface area contributed by atoms with Crippen LogP contribution in [0.25, 0.3) is 10.9 Å². The van der Waals surface area contributed by atoms with Crippen LogP contribution in [0.2, 0.25) is 5.02 Å². The molecule has 1 heterocycles. The van der Waals surface area contributed by atoms with Gasteiger partial charge in [0.2, 0.25) is 5.75 Å². The maximum Gasteiger partial charge on any atom is 0.416 e. The first-order valence-corrected chi connectivity index (χ1v) is 7.64. The van der Waals surface area contributed by atoms with Crippen molar-refractivity contribution in [3.63, 3.8) is 0 Å². The number of hydrogen-bond donors (Lipinski definition) is 0. The van der Waals surface area contributed by atoms with E-state index in [0.717, 1.165) is 12.1 Å². The number of alkyl halides is 3. The van der Waals surface area contributed by atoms with Crippen LogP contribution < -0.4 is 4.74 Å². The van der Waals surface area contributed by atoms with Gasteiger partial charge in [0.1, 0.15) is 5.75 Å². The van der Waals surface area contributed by atoms with Gasteiger partial charge in [-0.3, -0.25) is 15.1 Å². The predicted molar refractivity (Wildman–Crippen MR) is 89.7 cm³/mol. The summed E-state index contributed by atoms with van der Waals surface area (Å²) in [4.78, 5) is 14.6. The highest BCUT2D eigenvalue weighted by atomic mass is 35.5. The van der Waals surface area contributed by atoms with Crippen LogP contribution in [0.1, 0.15) is 11.3 Å². The molecule has 0 aliphatic rings. The normalized spacial score (nSPS) is 11.6. The molecular weight excluding hydrogens is 373 g/mol. The van der Waals surface area contributed by atoms with E-state index < -0.39 is 22.4 Å². The van der Waals surface area contributed by atoms with Gasteiger partial charge in [-0.05, 0) is 31.2 Å². The van der Waals surface area contributed by atoms with Crippen molar-refractivity contribution in [1.29, 1.82) is 0 Å². The average molecular weight is 383 g/mol. The van der Waals surface area contributed by atoms with Crippen molar-refractivity contribution < 1.29 is 22.8 Å². The van der Waals surface area contributed by atoms with Crippen LogP contribution in [-0.4, -0.2) is 9.91 Å². The van der Waals surface area contributed by atoms with Gasteiger partial charge >= 0.3 is 11.9 Å². The van der Waals surface area contributed by atoms with Gasteiger partial charge in [0.15, 0.2) is 0 Å². The lowest BCUT2D eigenvalue weighted by Crippen LogP contribution is -2.06. The second kappa shape index (κ2) is 6.45. The van der Waals surface area contributed by atoms with Crippen LogP contribution in [0.3, 0.4) is 0 Å². The van der Waals surface area contributed by atoms with Crippen molar-refractivity contribution in [2.24, 2.45) is 0 Å². The number of fused-ring (bicyclic) bond motifs is 1. The molecule has 0 saturated carbocycles. The summed E-state index contributed by atoms with van der Waals surface area (Å²) in [5.74, 6) is -0.104. The number of ether oxygens (including phenoxy) is 1. The van der Waals surface area contributed by atoms with E-state index in [1.165, 1.54) is 6.07 Å². The minimum atomic E-state index is -4.70. The Balaban J connectivity index is 2.14. The molecule has 0 N–H and O–H groups in total. The highest BCUT2D eigenvalue weighted by Gasteiger charge is 2.33. The van der Waals surface area contributed by atoms with E-state index in [-0.39, 0.29) is 11.5 Å². The summed E-state index contributed by atoms with van der Waals surface area (Å²) in [6, 6.07) is 8.55. The smallest absolute Gasteiger partial charge is 0.416 e. The summed E-state index contributed by atoms with van der Waals surface area (Å²) in [7, 11) is 0. The van der Waals surface area contributed by atoms with Gasteiger partial charge < -0.3 is 4.74 Å². The quantitative estimate of drug-likeness (QED) is 0.417. The largest absolute Gasteiger partial charge is 0.449 e. The molecule has 1 aromatic heterocycles. The topological polar surface area (TPSA) is 65.3 Å². The number of halogens is 4. The molecule has 5 nitrogen and oxygen atoms in total. The Morgan fingerprint density at radius 1 is 1.15 bits per heavy atom. The number of aryl methyl sites for hydroxylation is 1. The molecule has 0 aliphatic carbocycles. The predicted octanol–water partition coefficient (Wildman–Crippen LogP) is 5.92. The van der Waals surface area contributed by atoms with Gasteiger partial charge in [-0.2, -0.15) is 13.2 Å². The maximum atomic E-state index is 12.8. The third-order valence-corrected chi connectivity index (χ3v) is 3.89. The summed E-state index contributed by atoms with van der Waals surface area (Å²) < 4.78 is 44.0. The summed E-state index contributed by atoms with van der Waals surface area (Å²) >= 11 is 6.11. The van der Waals surface area contributed by atoms with Crippen molar-refractivity contribution in [3.8, 4) is 11.5 Å². The zero-order valence-corrected chi connectivity index (χ0v) is 13.9. The summed E-state index contributed by atoms with van der Waals surface area (Å²) in [5.41, 5.74) is -0.950. The molecule has 0 fully saturated rings. The maximum absolute atomic E-state index is 12.8. The molecule has 0 bridgehead atoms. The number of nitrogens with zero attached hydrogens (tertiary/aromatic N) is 2. The Morgan fingerprint density at radius 3 is 2.54 bits per heavy atom. The molecule has 0 unspecified atom stereocenters. The molecule has 26 heavy (non-hydrogen) atoms. The first-order chi connectivity index (χ1) is 12.2. The Morgan fingerprint density at radius 2 is 1.88 bits per heavy atom. The van der Waals surface area contributed by atoms with Crippen LogP contribution in [0, 0.1) is 17.0 Å². The molecule has 2 aromatic carbocycles. The second-order valence-corrected chi connectivity index (χ2v) is 5.84. The van der Waals surface area contributed by atoms with Gasteiger partial charge in [0.05, 0.1) is 21.0 Å². The van der Waals surface area contributed by atoms with Gasteiger partial charge in [0, 0.05) is 23.2 Å². The van der Waals surface area contributed by atoms with Crippen LogP contribution in [0.15, 0.2) is 42.5 Å². The number of benzene rings is 2. The van der Waals surface area contributed by atoms with Crippen LogP contribution >= 0.6 is 11.6 Å². The molecule has 134 valence electrons. The van der Waals surface area contributed by atoms with E-state index >= 15 is 0 Å². The van der Waals surface area contributed by atoms with Gasteiger partial charge in [-0.15, -0.1) is 0 Å². The van der Waals surface area contributed by atoms with Crippen LogP contribution in [-0.2, 0) is 6.18 Å². The third-order valence-electron chi connectivity index (χ3n) is 3.58. The standard InChI is InChI=1S/C17H10ClF3N2O3/c1-9-7-15(11-3-2-4-12(18)16(11)22-9)26-14-6-5-10(17(19,20)21)8-13(14)23(24)25/h2-8H,1H3. The van der Waals surface area contributed by atoms with Gasteiger partial charge in [0.25, 0.3) is 0 Å². The van der Waals surface area contributed by atoms with Crippen LogP contribution in [0.5, 0.6) is 11.5 Å². The first-order valence-electron chi connectivity index (χ1n) is 7.26. The second-order valence-electron chi connectivity index (χ2n) is 5.44. The number of para-hydroxylation sites is 1. The lowest BCUT2D eigenvalue weighted by atomic mass is 10.1. The number of pyridine rings is 1. The summed E-state index contributed by atoms with van der Waals surface area (Å²) in [6.45, 7) is 1.68. The molecule has 3 rings (SSSR count). The fourth-order valence-electron chi connectivity index (χ4n) is 2.43. The van der Waals surface area contributed by atoms with Crippen molar-refractivity contribution >= 4 is 28.2 Å². The number of rotatable bonds is 3. The van der Waals surface area contributed by atoms with Crippen molar-refractivity contribution in [1.82, 2.24) is 4.98 Å². The molecule has 0 radical (unpaired) electrons. The summed E-state index contributed by atoms with van der Waals surface area (Å²) in [6.07, 6.45) is -4.70. The number of hydrogen-bond acceptors (Lipinski definition) is 4. The Labute approximate surface area is 150 Å². The van der Waals surface area contributed by atoms with E-state index in [0.29, 0.717) is 27.7 Å². The SMILES string of the molecule is Cc1cc(Oc2ccc(C(F)(F)F)cc2[N+](=O)[O-])c2cccc(Cl)c2n1. The molecule has 0 atom stereocenters. The number of aromatic nitrogens is 1. The third kappa shape index (κ3) is 3.41. The first kappa shape index (κ1) is 17.9. The van der Waals surface area contributed by atoms with E-state index in [1.54, 1.807) is 25.1 Å². The average Bonchev–Trinajstić information content (AvgIpc) is 2.55. The van der Waals surface area contributed by atoms with Crippen molar-refractivity contribution in [2.75, 3.05) is 0 Å². The monoisotopic (exact) mass is 382 g/mol. The van der Waals surface area contributed by atoms with Crippen molar-refractivity contribution in [3.05, 3.63) is 68.9 Å². The zero-order valence-electron chi connectivity index (χ0n) is 13.2. The zero-order chi connectivity index (χ0) is 19.1. The van der Waals surface area contributed by atoms with E-state index in [1.807, 2.05) is 0 Å². The minimum Gasteiger partial charge on any atom is -0.449 e. The molecule has 0 amide bonds. The molecule has 9 heteroatoms. The van der Waals surface area contributed by atoms with E-state index in [4.69, 9.17) is 16.3 Å². The lowest BCUT2D eigenvalue weighted by Gasteiger charge is -2.12. The number of nitro groups is 1. The Bertz CT molecular complexity index is 1020. The fraction of sp³-hybridized carbons (Fsp3) is 0.118. The lowest BCUT2D eigenvalue weighted by molar-refractivity contribution is -0.385. The van der Waals surface area contributed by atoms with Gasteiger partial charge in [-0.25, -0.2) is 0 Å². The highest BCUT2D eigenvalue weighted by molar-refractivity contribution is 6.35. The molecule has 3 aromatic rings. The molecule has 0 saturated heterocycles. The minimum absolute atomic E-state index is 0.206. The van der Waals surface area contributed by atoms with Crippen molar-refractivity contribution in [2.45, 2.75) is 13.1 Å². The Hall–Kier alpha value is -2.87. The molecular formula is C17H10ClF3N2O3. The highest BCUT2D eigenvalue weighted by Crippen LogP contribution is 2.40. The number of nitro benzene ring substituents is 1. The Kier molecular flexibility index (Phi) is 4.45. The van der Waals surface area contributed by atoms with E-state index in [2.05, 4.69) is 4.98 Å². The molecule has 0 spiro atoms. The van der Waals surface area contributed by atoms with Crippen LogP contribution in [0.4, 0.5) is 18.9 Å².